The Kier molecular flexibility index (Phi) is 7.50. The first-order chi connectivity index (χ1) is 15.3. The minimum absolute atomic E-state index is 0.202. The smallest absolute Gasteiger partial charge is 0.338 e. The molecule has 2 aromatic carbocycles. The van der Waals surface area contributed by atoms with E-state index in [2.05, 4.69) is 10.6 Å². The van der Waals surface area contributed by atoms with Gasteiger partial charge in [-0.2, -0.15) is 0 Å². The van der Waals surface area contributed by atoms with Gasteiger partial charge in [0, 0.05) is 16.8 Å². The third-order valence-corrected chi connectivity index (χ3v) is 5.77. The van der Waals surface area contributed by atoms with Crippen LogP contribution >= 0.6 is 22.9 Å². The van der Waals surface area contributed by atoms with Crippen LogP contribution in [0.3, 0.4) is 0 Å². The average Bonchev–Trinajstić information content (AvgIpc) is 3.31. The third kappa shape index (κ3) is 5.66. The number of rotatable bonds is 7. The molecule has 3 aromatic rings. The summed E-state index contributed by atoms with van der Waals surface area (Å²) in [5.74, 6) is -1.10. The van der Waals surface area contributed by atoms with Gasteiger partial charge in [-0.25, -0.2) is 4.79 Å². The maximum Gasteiger partial charge on any atom is 0.338 e. The van der Waals surface area contributed by atoms with E-state index in [4.69, 9.17) is 21.1 Å². The number of esters is 1. The van der Waals surface area contributed by atoms with E-state index in [1.807, 2.05) is 0 Å². The zero-order valence-corrected chi connectivity index (χ0v) is 19.2. The van der Waals surface area contributed by atoms with E-state index in [0.29, 0.717) is 27.0 Å². The maximum atomic E-state index is 12.6. The fraction of sp³-hybridized carbons (Fsp3) is 0.174. The molecule has 1 unspecified atom stereocenters. The predicted molar refractivity (Wildman–Crippen MR) is 125 cm³/mol. The lowest BCUT2D eigenvalue weighted by atomic mass is 10.2. The standard InChI is InChI=1S/C23H21ClN2O5S/c1-13-10-18(19(30-3)12-17(13)24)26-21(27)14(2)31-23(29)15-6-4-7-16(11-15)25-22(28)20-8-5-9-32-20/h4-12,14H,1-3H3,(H,25,28)(H,26,27). The van der Waals surface area contributed by atoms with Crippen LogP contribution in [0, 0.1) is 6.92 Å². The summed E-state index contributed by atoms with van der Waals surface area (Å²) in [4.78, 5) is 37.9. The Hall–Kier alpha value is -3.36. The van der Waals surface area contributed by atoms with E-state index in [1.54, 1.807) is 54.8 Å². The summed E-state index contributed by atoms with van der Waals surface area (Å²) < 4.78 is 10.5. The van der Waals surface area contributed by atoms with Crippen LogP contribution < -0.4 is 15.4 Å². The molecule has 0 aliphatic rings. The van der Waals surface area contributed by atoms with Gasteiger partial charge in [0.15, 0.2) is 6.10 Å². The Bertz CT molecular complexity index is 1150. The SMILES string of the molecule is COc1cc(Cl)c(C)cc1NC(=O)C(C)OC(=O)c1cccc(NC(=O)c2cccs2)c1. The highest BCUT2D eigenvalue weighted by molar-refractivity contribution is 7.12. The molecular formula is C23H21ClN2O5S. The zero-order chi connectivity index (χ0) is 23.3. The lowest BCUT2D eigenvalue weighted by molar-refractivity contribution is -0.123. The fourth-order valence-corrected chi connectivity index (χ4v) is 3.54. The number of hydrogen-bond acceptors (Lipinski definition) is 6. The number of methoxy groups -OCH3 is 1. The van der Waals surface area contributed by atoms with Crippen LogP contribution in [0.15, 0.2) is 53.9 Å². The Morgan fingerprint density at radius 3 is 2.53 bits per heavy atom. The lowest BCUT2D eigenvalue weighted by Crippen LogP contribution is -2.30. The molecule has 0 fully saturated rings. The molecule has 0 saturated carbocycles. The minimum Gasteiger partial charge on any atom is -0.495 e. The van der Waals surface area contributed by atoms with Gasteiger partial charge in [0.25, 0.3) is 11.8 Å². The minimum atomic E-state index is -1.08. The topological polar surface area (TPSA) is 93.7 Å². The van der Waals surface area contributed by atoms with Crippen molar-refractivity contribution < 1.29 is 23.9 Å². The Balaban J connectivity index is 1.65. The third-order valence-electron chi connectivity index (χ3n) is 4.49. The van der Waals surface area contributed by atoms with Gasteiger partial charge in [-0.3, -0.25) is 9.59 Å². The monoisotopic (exact) mass is 472 g/mol. The lowest BCUT2D eigenvalue weighted by Gasteiger charge is -2.16. The van der Waals surface area contributed by atoms with E-state index in [-0.39, 0.29) is 11.5 Å². The van der Waals surface area contributed by atoms with Gasteiger partial charge >= 0.3 is 5.97 Å². The van der Waals surface area contributed by atoms with Crippen molar-refractivity contribution in [2.24, 2.45) is 0 Å². The molecular weight excluding hydrogens is 452 g/mol. The second kappa shape index (κ2) is 10.3. The quantitative estimate of drug-likeness (QED) is 0.463. The molecule has 3 rings (SSSR count). The van der Waals surface area contributed by atoms with E-state index >= 15 is 0 Å². The summed E-state index contributed by atoms with van der Waals surface area (Å²) in [5, 5.41) is 7.72. The number of hydrogen-bond donors (Lipinski definition) is 2. The Labute approximate surface area is 194 Å². The second-order valence-electron chi connectivity index (χ2n) is 6.85. The summed E-state index contributed by atoms with van der Waals surface area (Å²) in [7, 11) is 1.46. The highest BCUT2D eigenvalue weighted by atomic mass is 35.5. The summed E-state index contributed by atoms with van der Waals surface area (Å²) >= 11 is 7.40. The molecule has 0 aliphatic heterocycles. The normalized spacial score (nSPS) is 11.4. The average molecular weight is 473 g/mol. The number of carbonyl (C=O) groups is 3. The molecule has 0 saturated heterocycles. The maximum absolute atomic E-state index is 12.6. The van der Waals surface area contributed by atoms with Gasteiger partial charge < -0.3 is 20.1 Å². The zero-order valence-electron chi connectivity index (χ0n) is 17.6. The molecule has 0 spiro atoms. The van der Waals surface area contributed by atoms with E-state index < -0.39 is 18.0 Å². The first-order valence-electron chi connectivity index (χ1n) is 9.59. The second-order valence-corrected chi connectivity index (χ2v) is 8.21. The van der Waals surface area contributed by atoms with Crippen molar-refractivity contribution in [3.05, 3.63) is 74.9 Å². The first-order valence-corrected chi connectivity index (χ1v) is 10.8. The molecule has 166 valence electrons. The molecule has 0 radical (unpaired) electrons. The number of ether oxygens (including phenoxy) is 2. The molecule has 2 amide bonds. The molecule has 7 nitrogen and oxygen atoms in total. The summed E-state index contributed by atoms with van der Waals surface area (Å²) in [5.41, 5.74) is 1.82. The molecule has 1 heterocycles. The number of aryl methyl sites for hydroxylation is 1. The number of thiophene rings is 1. The van der Waals surface area contributed by atoms with Gasteiger partial charge in [0.05, 0.1) is 23.2 Å². The van der Waals surface area contributed by atoms with E-state index in [9.17, 15) is 14.4 Å². The first kappa shape index (κ1) is 23.3. The van der Waals surface area contributed by atoms with Crippen molar-refractivity contribution in [2.75, 3.05) is 17.7 Å². The largest absolute Gasteiger partial charge is 0.495 e. The van der Waals surface area contributed by atoms with E-state index in [0.717, 1.165) is 5.56 Å². The van der Waals surface area contributed by atoms with Crippen molar-refractivity contribution in [3.63, 3.8) is 0 Å². The van der Waals surface area contributed by atoms with Crippen molar-refractivity contribution in [1.82, 2.24) is 0 Å². The number of amides is 2. The van der Waals surface area contributed by atoms with Gasteiger partial charge in [-0.05, 0) is 55.1 Å². The van der Waals surface area contributed by atoms with Crippen LogP contribution in [0.4, 0.5) is 11.4 Å². The summed E-state index contributed by atoms with van der Waals surface area (Å²) in [6.45, 7) is 3.26. The predicted octanol–water partition coefficient (Wildman–Crippen LogP) is 5.15. The van der Waals surface area contributed by atoms with Crippen LogP contribution in [0.25, 0.3) is 0 Å². The highest BCUT2D eigenvalue weighted by Crippen LogP contribution is 2.31. The number of benzene rings is 2. The molecule has 1 aromatic heterocycles. The van der Waals surface area contributed by atoms with Crippen molar-refractivity contribution in [2.45, 2.75) is 20.0 Å². The molecule has 1 atom stereocenters. The number of nitrogens with one attached hydrogen (secondary N) is 2. The van der Waals surface area contributed by atoms with Gasteiger partial charge in [-0.1, -0.05) is 23.7 Å². The van der Waals surface area contributed by atoms with Gasteiger partial charge in [0.2, 0.25) is 0 Å². The molecule has 9 heteroatoms. The van der Waals surface area contributed by atoms with Crippen LogP contribution in [-0.4, -0.2) is 31.0 Å². The summed E-state index contributed by atoms with van der Waals surface area (Å²) in [6, 6.07) is 13.1. The fourth-order valence-electron chi connectivity index (χ4n) is 2.77. The van der Waals surface area contributed by atoms with Crippen molar-refractivity contribution >= 4 is 52.1 Å². The van der Waals surface area contributed by atoms with Crippen LogP contribution in [0.5, 0.6) is 5.75 Å². The number of halogens is 1. The Morgan fingerprint density at radius 2 is 1.84 bits per heavy atom. The van der Waals surface area contributed by atoms with Gasteiger partial charge in [0.1, 0.15) is 5.75 Å². The van der Waals surface area contributed by atoms with Crippen LogP contribution in [0.1, 0.15) is 32.5 Å². The van der Waals surface area contributed by atoms with Gasteiger partial charge in [-0.15, -0.1) is 11.3 Å². The van der Waals surface area contributed by atoms with Crippen molar-refractivity contribution in [1.29, 1.82) is 0 Å². The van der Waals surface area contributed by atoms with E-state index in [1.165, 1.54) is 31.4 Å². The Morgan fingerprint density at radius 1 is 1.06 bits per heavy atom. The highest BCUT2D eigenvalue weighted by Gasteiger charge is 2.21. The van der Waals surface area contributed by atoms with Crippen molar-refractivity contribution in [3.8, 4) is 5.75 Å². The molecule has 0 bridgehead atoms. The number of carbonyl (C=O) groups excluding carboxylic acids is 3. The van der Waals surface area contributed by atoms with Crippen LogP contribution in [0.2, 0.25) is 5.02 Å². The molecule has 2 N–H and O–H groups in total. The molecule has 0 aliphatic carbocycles. The number of anilines is 2. The summed E-state index contributed by atoms with van der Waals surface area (Å²) in [6.07, 6.45) is -1.08. The van der Waals surface area contributed by atoms with Crippen LogP contribution in [-0.2, 0) is 9.53 Å². The molecule has 32 heavy (non-hydrogen) atoms.